The Morgan fingerprint density at radius 2 is 1.87 bits per heavy atom. The Morgan fingerprint density at radius 1 is 1.13 bits per heavy atom. The molecule has 1 N–H and O–H groups in total. The minimum atomic E-state index is -0.340. The van der Waals surface area contributed by atoms with Gasteiger partial charge in [0, 0.05) is 18.0 Å². The van der Waals surface area contributed by atoms with E-state index in [4.69, 9.17) is 0 Å². The van der Waals surface area contributed by atoms with Gasteiger partial charge < -0.3 is 9.88 Å². The molecule has 0 radical (unpaired) electrons. The van der Waals surface area contributed by atoms with E-state index in [0.29, 0.717) is 17.4 Å². The zero-order valence-electron chi connectivity index (χ0n) is 16.7. The van der Waals surface area contributed by atoms with E-state index in [9.17, 15) is 9.18 Å². The van der Waals surface area contributed by atoms with Gasteiger partial charge in [-0.05, 0) is 36.8 Å². The summed E-state index contributed by atoms with van der Waals surface area (Å²) in [6, 6.07) is 14.2. The molecule has 1 aromatic heterocycles. The Labute approximate surface area is 184 Å². The summed E-state index contributed by atoms with van der Waals surface area (Å²) in [5.41, 5.74) is 3.08. The number of aromatic nitrogens is 3. The summed E-state index contributed by atoms with van der Waals surface area (Å²) < 4.78 is 14.9. The lowest BCUT2D eigenvalue weighted by molar-refractivity contribution is -0.113. The van der Waals surface area contributed by atoms with Crippen molar-refractivity contribution in [3.8, 4) is 0 Å². The number of allylic oxidation sites excluding steroid dienone is 1. The van der Waals surface area contributed by atoms with Crippen molar-refractivity contribution in [2.75, 3.05) is 11.1 Å². The smallest absolute Gasteiger partial charge is 0.234 e. The molecule has 1 amide bonds. The number of aryl methyl sites for hydroxylation is 1. The summed E-state index contributed by atoms with van der Waals surface area (Å²) in [5, 5.41) is 12.0. The number of halogens is 1. The van der Waals surface area contributed by atoms with Crippen LogP contribution in [0, 0.1) is 12.7 Å². The molecule has 3 rings (SSSR count). The molecule has 0 aliphatic rings. The van der Waals surface area contributed by atoms with Crippen LogP contribution in [0.25, 0.3) is 0 Å². The van der Waals surface area contributed by atoms with E-state index >= 15 is 0 Å². The fraction of sp³-hybridized carbons (Fsp3) is 0.227. The molecule has 30 heavy (non-hydrogen) atoms. The molecule has 2 aromatic carbocycles. The first-order valence-electron chi connectivity index (χ1n) is 9.39. The second-order valence-electron chi connectivity index (χ2n) is 6.62. The van der Waals surface area contributed by atoms with Crippen LogP contribution in [0.5, 0.6) is 0 Å². The van der Waals surface area contributed by atoms with Gasteiger partial charge in [-0.1, -0.05) is 47.7 Å². The lowest BCUT2D eigenvalue weighted by Gasteiger charge is -2.08. The monoisotopic (exact) mass is 442 g/mol. The van der Waals surface area contributed by atoms with Crippen molar-refractivity contribution in [2.24, 2.45) is 0 Å². The molecule has 8 heteroatoms. The Balaban J connectivity index is 1.55. The van der Waals surface area contributed by atoms with Crippen molar-refractivity contribution in [1.29, 1.82) is 0 Å². The molecule has 0 spiro atoms. The minimum Gasteiger partial charge on any atom is -0.325 e. The Kier molecular flexibility index (Phi) is 8.10. The third kappa shape index (κ3) is 6.47. The highest BCUT2D eigenvalue weighted by Crippen LogP contribution is 2.22. The summed E-state index contributed by atoms with van der Waals surface area (Å²) in [4.78, 5) is 12.2. The number of thioether (sulfide) groups is 2. The molecule has 0 atom stereocenters. The average molecular weight is 443 g/mol. The fourth-order valence-electron chi connectivity index (χ4n) is 2.65. The number of carbonyl (C=O) groups is 1. The average Bonchev–Trinajstić information content (AvgIpc) is 3.12. The number of rotatable bonds is 10. The van der Waals surface area contributed by atoms with Crippen molar-refractivity contribution in [3.05, 3.63) is 84.0 Å². The van der Waals surface area contributed by atoms with E-state index in [1.807, 2.05) is 4.57 Å². The third-order valence-corrected chi connectivity index (χ3v) is 6.15. The minimum absolute atomic E-state index is 0.184. The maximum Gasteiger partial charge on any atom is 0.234 e. The van der Waals surface area contributed by atoms with E-state index in [1.165, 1.54) is 47.2 Å². The van der Waals surface area contributed by atoms with Gasteiger partial charge in [0.2, 0.25) is 5.91 Å². The van der Waals surface area contributed by atoms with Crippen LogP contribution < -0.4 is 5.32 Å². The lowest BCUT2D eigenvalue weighted by Crippen LogP contribution is -2.14. The number of amides is 1. The van der Waals surface area contributed by atoms with Crippen LogP contribution in [0.3, 0.4) is 0 Å². The van der Waals surface area contributed by atoms with E-state index < -0.39 is 0 Å². The SMILES string of the molecule is C=CCn1c(CSCc2ccc(C)cc2)nnc1SCC(=O)Nc1ccc(F)cc1. The predicted octanol–water partition coefficient (Wildman–Crippen LogP) is 5.08. The molecule has 0 saturated heterocycles. The molecule has 5 nitrogen and oxygen atoms in total. The van der Waals surface area contributed by atoms with Gasteiger partial charge in [-0.2, -0.15) is 0 Å². The van der Waals surface area contributed by atoms with Crippen molar-refractivity contribution in [1.82, 2.24) is 14.8 Å². The van der Waals surface area contributed by atoms with Crippen LogP contribution in [-0.2, 0) is 22.8 Å². The van der Waals surface area contributed by atoms with Crippen LogP contribution in [0.15, 0.2) is 66.3 Å². The Morgan fingerprint density at radius 3 is 2.57 bits per heavy atom. The number of nitrogens with zero attached hydrogens (tertiary/aromatic N) is 3. The number of carbonyl (C=O) groups excluding carboxylic acids is 1. The highest BCUT2D eigenvalue weighted by molar-refractivity contribution is 7.99. The summed E-state index contributed by atoms with van der Waals surface area (Å²) in [6.07, 6.45) is 1.79. The van der Waals surface area contributed by atoms with Crippen LogP contribution >= 0.6 is 23.5 Å². The van der Waals surface area contributed by atoms with Gasteiger partial charge in [-0.25, -0.2) is 4.39 Å². The quantitative estimate of drug-likeness (QED) is 0.351. The van der Waals surface area contributed by atoms with Gasteiger partial charge in [-0.3, -0.25) is 4.79 Å². The fourth-order valence-corrected chi connectivity index (χ4v) is 4.34. The van der Waals surface area contributed by atoms with E-state index in [2.05, 4.69) is 53.3 Å². The number of hydrogen-bond acceptors (Lipinski definition) is 5. The molecule has 0 aliphatic heterocycles. The second-order valence-corrected chi connectivity index (χ2v) is 8.55. The van der Waals surface area contributed by atoms with Gasteiger partial charge in [0.05, 0.1) is 11.5 Å². The zero-order valence-corrected chi connectivity index (χ0v) is 18.3. The van der Waals surface area contributed by atoms with E-state index in [1.54, 1.807) is 17.8 Å². The Hall–Kier alpha value is -2.58. The van der Waals surface area contributed by atoms with E-state index in [-0.39, 0.29) is 17.5 Å². The highest BCUT2D eigenvalue weighted by atomic mass is 32.2. The maximum absolute atomic E-state index is 13.0. The highest BCUT2D eigenvalue weighted by Gasteiger charge is 2.14. The third-order valence-electron chi connectivity index (χ3n) is 4.19. The molecule has 0 fully saturated rings. The molecule has 1 heterocycles. The van der Waals surface area contributed by atoms with Crippen molar-refractivity contribution in [3.63, 3.8) is 0 Å². The van der Waals surface area contributed by atoms with Gasteiger partial charge in [0.15, 0.2) is 5.16 Å². The van der Waals surface area contributed by atoms with Crippen LogP contribution in [-0.4, -0.2) is 26.4 Å². The van der Waals surface area contributed by atoms with Gasteiger partial charge >= 0.3 is 0 Å². The first kappa shape index (κ1) is 22.1. The second kappa shape index (κ2) is 11.0. The largest absolute Gasteiger partial charge is 0.325 e. The number of benzene rings is 2. The first-order chi connectivity index (χ1) is 14.5. The summed E-state index contributed by atoms with van der Waals surface area (Å²) in [7, 11) is 0. The number of anilines is 1. The molecule has 156 valence electrons. The predicted molar refractivity (Wildman–Crippen MR) is 122 cm³/mol. The summed E-state index contributed by atoms with van der Waals surface area (Å²) in [5.74, 6) is 2.13. The van der Waals surface area contributed by atoms with Crippen LogP contribution in [0.2, 0.25) is 0 Å². The van der Waals surface area contributed by atoms with Gasteiger partial charge in [-0.15, -0.1) is 28.5 Å². The summed E-state index contributed by atoms with van der Waals surface area (Å²) >= 11 is 3.09. The van der Waals surface area contributed by atoms with E-state index in [0.717, 1.165) is 17.3 Å². The molecule has 0 unspecified atom stereocenters. The van der Waals surface area contributed by atoms with Crippen molar-refractivity contribution in [2.45, 2.75) is 30.1 Å². The standard InChI is InChI=1S/C22H23FN4OS2/c1-3-12-27-20(14-29-13-17-6-4-16(2)5-7-17)25-26-22(27)30-15-21(28)24-19-10-8-18(23)9-11-19/h3-11H,1,12-15H2,2H3,(H,24,28). The summed E-state index contributed by atoms with van der Waals surface area (Å²) in [6.45, 7) is 6.47. The van der Waals surface area contributed by atoms with Crippen LogP contribution in [0.1, 0.15) is 17.0 Å². The zero-order chi connectivity index (χ0) is 21.3. The molecule has 0 aliphatic carbocycles. The first-order valence-corrected chi connectivity index (χ1v) is 11.5. The molecular formula is C22H23FN4OS2. The van der Waals surface area contributed by atoms with Crippen LogP contribution in [0.4, 0.5) is 10.1 Å². The molecule has 0 saturated carbocycles. The van der Waals surface area contributed by atoms with Crippen molar-refractivity contribution >= 4 is 35.1 Å². The lowest BCUT2D eigenvalue weighted by atomic mass is 10.2. The normalized spacial score (nSPS) is 10.7. The van der Waals surface area contributed by atoms with Gasteiger partial charge in [0.1, 0.15) is 11.6 Å². The van der Waals surface area contributed by atoms with Crippen molar-refractivity contribution < 1.29 is 9.18 Å². The molecule has 3 aromatic rings. The Bertz CT molecular complexity index is 987. The molecule has 0 bridgehead atoms. The topological polar surface area (TPSA) is 59.8 Å². The van der Waals surface area contributed by atoms with Gasteiger partial charge in [0.25, 0.3) is 0 Å². The number of nitrogens with one attached hydrogen (secondary N) is 1. The molecular weight excluding hydrogens is 419 g/mol. The maximum atomic E-state index is 13.0. The number of hydrogen-bond donors (Lipinski definition) is 1.